The third-order valence-corrected chi connectivity index (χ3v) is 6.55. The zero-order valence-electron chi connectivity index (χ0n) is 15.2. The summed E-state index contributed by atoms with van der Waals surface area (Å²) in [6.45, 7) is 3.11. The second kappa shape index (κ2) is 6.55. The number of rotatable bonds is 3. The first-order valence-electron chi connectivity index (χ1n) is 10.0. The summed E-state index contributed by atoms with van der Waals surface area (Å²) in [7, 11) is 0. The van der Waals surface area contributed by atoms with E-state index < -0.39 is 0 Å². The molecule has 0 unspecified atom stereocenters. The maximum atomic E-state index is 13.1. The van der Waals surface area contributed by atoms with E-state index >= 15 is 0 Å². The average molecular weight is 346 g/mol. The maximum absolute atomic E-state index is 13.1. The van der Waals surface area contributed by atoms with Crippen molar-refractivity contribution in [1.82, 2.24) is 9.80 Å². The van der Waals surface area contributed by atoms with E-state index in [2.05, 4.69) is 46.2 Å². The smallest absolute Gasteiger partial charge is 0.254 e. The van der Waals surface area contributed by atoms with Crippen LogP contribution < -0.4 is 0 Å². The zero-order valence-corrected chi connectivity index (χ0v) is 15.2. The van der Waals surface area contributed by atoms with Crippen LogP contribution in [0.25, 0.3) is 11.1 Å². The molecule has 0 aromatic heterocycles. The number of carbonyl (C=O) groups is 1. The maximum Gasteiger partial charge on any atom is 0.254 e. The third-order valence-electron chi connectivity index (χ3n) is 6.55. The van der Waals surface area contributed by atoms with Gasteiger partial charge in [-0.1, -0.05) is 48.9 Å². The van der Waals surface area contributed by atoms with Crippen molar-refractivity contribution in [3.8, 4) is 11.1 Å². The molecule has 3 heteroatoms. The minimum Gasteiger partial charge on any atom is -0.334 e. The lowest BCUT2D eigenvalue weighted by atomic mass is 9.92. The Balaban J connectivity index is 1.34. The van der Waals surface area contributed by atoms with Crippen LogP contribution >= 0.6 is 0 Å². The van der Waals surface area contributed by atoms with Crippen LogP contribution in [0, 0.1) is 0 Å². The van der Waals surface area contributed by atoms with E-state index in [0.717, 1.165) is 37.5 Å². The van der Waals surface area contributed by atoms with Gasteiger partial charge in [0.05, 0.1) is 0 Å². The number of carbonyl (C=O) groups excluding carboxylic acids is 1. The fourth-order valence-electron chi connectivity index (χ4n) is 4.77. The number of benzene rings is 2. The van der Waals surface area contributed by atoms with Crippen molar-refractivity contribution < 1.29 is 4.79 Å². The highest BCUT2D eigenvalue weighted by molar-refractivity contribution is 5.97. The number of nitrogens with zero attached hydrogens (tertiary/aromatic N) is 2. The molecule has 2 fully saturated rings. The lowest BCUT2D eigenvalue weighted by Crippen LogP contribution is -2.47. The van der Waals surface area contributed by atoms with E-state index in [1.54, 1.807) is 0 Å². The Kier molecular flexibility index (Phi) is 4.05. The van der Waals surface area contributed by atoms with Crippen LogP contribution in [-0.2, 0) is 6.42 Å². The van der Waals surface area contributed by atoms with Gasteiger partial charge in [0.25, 0.3) is 5.91 Å². The monoisotopic (exact) mass is 346 g/mol. The van der Waals surface area contributed by atoms with Crippen molar-refractivity contribution in [3.05, 3.63) is 59.7 Å². The lowest BCUT2D eigenvalue weighted by molar-refractivity contribution is 0.0647. The van der Waals surface area contributed by atoms with E-state index in [4.69, 9.17) is 0 Å². The number of hydrogen-bond donors (Lipinski definition) is 0. The fraction of sp³-hybridized carbons (Fsp3) is 0.435. The summed E-state index contributed by atoms with van der Waals surface area (Å²) >= 11 is 0. The van der Waals surface area contributed by atoms with Crippen molar-refractivity contribution >= 4 is 5.91 Å². The molecule has 1 atom stereocenters. The van der Waals surface area contributed by atoms with Gasteiger partial charge in [-0.25, -0.2) is 0 Å². The molecule has 5 rings (SSSR count). The molecule has 1 amide bonds. The normalized spacial score (nSPS) is 23.8. The Morgan fingerprint density at radius 3 is 2.46 bits per heavy atom. The molecule has 1 saturated carbocycles. The molecular weight excluding hydrogens is 320 g/mol. The van der Waals surface area contributed by atoms with Crippen LogP contribution in [0.4, 0.5) is 0 Å². The minimum absolute atomic E-state index is 0.242. The van der Waals surface area contributed by atoms with Gasteiger partial charge < -0.3 is 4.90 Å². The van der Waals surface area contributed by atoms with Crippen LogP contribution in [0.15, 0.2) is 48.5 Å². The summed E-state index contributed by atoms with van der Waals surface area (Å²) in [4.78, 5) is 17.9. The van der Waals surface area contributed by atoms with E-state index in [1.807, 2.05) is 12.1 Å². The van der Waals surface area contributed by atoms with E-state index in [0.29, 0.717) is 6.04 Å². The summed E-state index contributed by atoms with van der Waals surface area (Å²) in [6, 6.07) is 18.0. The summed E-state index contributed by atoms with van der Waals surface area (Å²) in [5.41, 5.74) is 4.55. The first-order chi connectivity index (χ1) is 12.8. The van der Waals surface area contributed by atoms with Gasteiger partial charge in [-0.3, -0.25) is 9.69 Å². The Morgan fingerprint density at radius 1 is 0.846 bits per heavy atom. The molecule has 3 aliphatic rings. The second-order valence-electron chi connectivity index (χ2n) is 8.01. The first kappa shape index (κ1) is 16.1. The van der Waals surface area contributed by atoms with Crippen LogP contribution in [0.2, 0.25) is 0 Å². The number of amides is 1. The van der Waals surface area contributed by atoms with Gasteiger partial charge in [-0.15, -0.1) is 0 Å². The minimum atomic E-state index is 0.242. The fourth-order valence-corrected chi connectivity index (χ4v) is 4.77. The molecule has 0 bridgehead atoms. The standard InChI is InChI=1S/C23H26N2O/c26-23-22-10-9-18(17-5-2-1-3-6-17)15-19(22)11-14-25(23)21-12-13-24(16-21)20-7-4-8-20/h1-3,5-6,9-10,15,20-21H,4,7-8,11-14,16H2/t21-/m1/s1. The lowest BCUT2D eigenvalue weighted by Gasteiger charge is -2.37. The average Bonchev–Trinajstić information content (AvgIpc) is 3.10. The molecule has 2 heterocycles. The van der Waals surface area contributed by atoms with Gasteiger partial charge in [-0.2, -0.15) is 0 Å². The van der Waals surface area contributed by atoms with Crippen molar-refractivity contribution in [2.24, 2.45) is 0 Å². The molecule has 3 nitrogen and oxygen atoms in total. The van der Waals surface area contributed by atoms with Crippen LogP contribution in [0.3, 0.4) is 0 Å². The summed E-state index contributed by atoms with van der Waals surface area (Å²) in [5.74, 6) is 0.242. The highest BCUT2D eigenvalue weighted by Gasteiger charge is 2.37. The van der Waals surface area contributed by atoms with E-state index in [9.17, 15) is 4.79 Å². The van der Waals surface area contributed by atoms with Crippen molar-refractivity contribution in [1.29, 1.82) is 0 Å². The summed E-state index contributed by atoms with van der Waals surface area (Å²) in [6.07, 6.45) is 6.20. The molecular formula is C23H26N2O. The predicted molar refractivity (Wildman–Crippen MR) is 104 cm³/mol. The predicted octanol–water partition coefficient (Wildman–Crippen LogP) is 3.98. The highest BCUT2D eigenvalue weighted by Crippen LogP contribution is 2.32. The summed E-state index contributed by atoms with van der Waals surface area (Å²) in [5, 5.41) is 0. The van der Waals surface area contributed by atoms with Gasteiger partial charge in [0, 0.05) is 37.3 Å². The summed E-state index contributed by atoms with van der Waals surface area (Å²) < 4.78 is 0. The van der Waals surface area contributed by atoms with Gasteiger partial charge in [0.2, 0.25) is 0 Å². The molecule has 2 aromatic carbocycles. The molecule has 2 aromatic rings. The van der Waals surface area contributed by atoms with Crippen molar-refractivity contribution in [2.75, 3.05) is 19.6 Å². The molecule has 0 spiro atoms. The van der Waals surface area contributed by atoms with Crippen molar-refractivity contribution in [3.63, 3.8) is 0 Å². The Hall–Kier alpha value is -2.13. The molecule has 26 heavy (non-hydrogen) atoms. The number of fused-ring (bicyclic) bond motifs is 1. The highest BCUT2D eigenvalue weighted by atomic mass is 16.2. The van der Waals surface area contributed by atoms with Gasteiger partial charge in [0.1, 0.15) is 0 Å². The Labute approximate surface area is 155 Å². The quantitative estimate of drug-likeness (QED) is 0.839. The number of hydrogen-bond acceptors (Lipinski definition) is 2. The van der Waals surface area contributed by atoms with Gasteiger partial charge in [0.15, 0.2) is 0 Å². The second-order valence-corrected chi connectivity index (χ2v) is 8.01. The third kappa shape index (κ3) is 2.75. The van der Waals surface area contributed by atoms with E-state index in [1.165, 1.54) is 42.5 Å². The largest absolute Gasteiger partial charge is 0.334 e. The van der Waals surface area contributed by atoms with E-state index in [-0.39, 0.29) is 5.91 Å². The topological polar surface area (TPSA) is 23.6 Å². The Bertz CT molecular complexity index is 812. The molecule has 1 saturated heterocycles. The Morgan fingerprint density at radius 2 is 1.69 bits per heavy atom. The molecule has 0 N–H and O–H groups in total. The molecule has 1 aliphatic carbocycles. The first-order valence-corrected chi connectivity index (χ1v) is 10.0. The van der Waals surface area contributed by atoms with Gasteiger partial charge >= 0.3 is 0 Å². The SMILES string of the molecule is O=C1c2ccc(-c3ccccc3)cc2CCN1[C@@H]1CCN(C2CCC2)C1. The molecule has 134 valence electrons. The molecule has 2 aliphatic heterocycles. The van der Waals surface area contributed by atoms with Crippen LogP contribution in [0.5, 0.6) is 0 Å². The van der Waals surface area contributed by atoms with Gasteiger partial charge in [-0.05, 0) is 48.4 Å². The number of likely N-dealkylation sites (tertiary alicyclic amines) is 1. The zero-order chi connectivity index (χ0) is 17.5. The molecule has 0 radical (unpaired) electrons. The van der Waals surface area contributed by atoms with Crippen molar-refractivity contribution in [2.45, 2.75) is 44.2 Å². The van der Waals surface area contributed by atoms with Crippen LogP contribution in [-0.4, -0.2) is 47.4 Å². The van der Waals surface area contributed by atoms with Crippen LogP contribution in [0.1, 0.15) is 41.6 Å².